The van der Waals surface area contributed by atoms with Crippen LogP contribution in [0.3, 0.4) is 0 Å². The van der Waals surface area contributed by atoms with E-state index in [0.717, 1.165) is 6.07 Å². The third kappa shape index (κ3) is 1.86. The summed E-state index contributed by atoms with van der Waals surface area (Å²) in [6, 6.07) is 0.695. The van der Waals surface area contributed by atoms with E-state index in [-0.39, 0.29) is 35.6 Å². The van der Waals surface area contributed by atoms with Gasteiger partial charge in [-0.25, -0.2) is 13.6 Å². The minimum Gasteiger partial charge on any atom is -0.462 e. The number of hydrogen-bond acceptors (Lipinski definition) is 3. The predicted molar refractivity (Wildman–Crippen MR) is 72.5 cm³/mol. The fraction of sp³-hybridized carbons (Fsp3) is 0.333. The van der Waals surface area contributed by atoms with Gasteiger partial charge in [0, 0.05) is 23.2 Å². The summed E-state index contributed by atoms with van der Waals surface area (Å²) in [5.41, 5.74) is -0.242. The molecule has 0 saturated heterocycles. The van der Waals surface area contributed by atoms with Crippen LogP contribution in [-0.2, 0) is 11.2 Å². The molecule has 1 atom stereocenters. The van der Waals surface area contributed by atoms with Crippen molar-refractivity contribution in [2.45, 2.75) is 26.3 Å². The third-order valence-corrected chi connectivity index (χ3v) is 3.77. The minimum atomic E-state index is -1.07. The molecule has 2 heterocycles. The molecular weight excluding hydrogens is 280 g/mol. The van der Waals surface area contributed by atoms with Crippen LogP contribution in [0.25, 0.3) is 10.9 Å². The topological polar surface area (TPSA) is 48.3 Å². The van der Waals surface area contributed by atoms with Crippen LogP contribution in [0.5, 0.6) is 0 Å². The Bertz CT molecular complexity index is 826. The lowest BCUT2D eigenvalue weighted by Gasteiger charge is -2.12. The lowest BCUT2D eigenvalue weighted by molar-refractivity contribution is 0.0524. The number of halogens is 2. The lowest BCUT2D eigenvalue weighted by Crippen LogP contribution is -2.21. The fourth-order valence-electron chi connectivity index (χ4n) is 2.83. The number of aromatic nitrogens is 1. The first kappa shape index (κ1) is 13.7. The molecule has 110 valence electrons. The number of esters is 1. The molecule has 1 aliphatic heterocycles. The number of carbonyl (C=O) groups excluding carboxylic acids is 1. The summed E-state index contributed by atoms with van der Waals surface area (Å²) in [4.78, 5) is 24.2. The summed E-state index contributed by atoms with van der Waals surface area (Å²) >= 11 is 0. The van der Waals surface area contributed by atoms with Gasteiger partial charge in [-0.15, -0.1) is 0 Å². The van der Waals surface area contributed by atoms with Crippen LogP contribution in [0.4, 0.5) is 8.78 Å². The first-order valence-electron chi connectivity index (χ1n) is 6.68. The number of ether oxygens (including phenoxy) is 1. The molecular formula is C15H13F2NO3. The standard InChI is InChI=1S/C15H13F2NO3/c1-3-21-15(20)10-6-18-7(2)4-8-12(17)11(16)5-9(13(8)18)14(10)19/h5-7H,3-4H2,1-2H3. The van der Waals surface area contributed by atoms with Crippen LogP contribution in [0.2, 0.25) is 0 Å². The van der Waals surface area contributed by atoms with Gasteiger partial charge in [0.05, 0.1) is 12.1 Å². The molecule has 1 unspecified atom stereocenters. The Morgan fingerprint density at radius 1 is 1.48 bits per heavy atom. The van der Waals surface area contributed by atoms with Crippen molar-refractivity contribution in [3.8, 4) is 0 Å². The molecule has 0 spiro atoms. The van der Waals surface area contributed by atoms with Gasteiger partial charge in [-0.05, 0) is 26.3 Å². The number of pyridine rings is 1. The number of rotatable bonds is 2. The van der Waals surface area contributed by atoms with Crippen LogP contribution >= 0.6 is 0 Å². The van der Waals surface area contributed by atoms with Crippen molar-refractivity contribution in [2.24, 2.45) is 0 Å². The summed E-state index contributed by atoms with van der Waals surface area (Å²) in [7, 11) is 0. The number of hydrogen-bond donors (Lipinski definition) is 0. The zero-order valence-corrected chi connectivity index (χ0v) is 11.6. The van der Waals surface area contributed by atoms with Crippen LogP contribution < -0.4 is 5.43 Å². The van der Waals surface area contributed by atoms with E-state index in [9.17, 15) is 18.4 Å². The molecule has 3 rings (SSSR count). The highest BCUT2D eigenvalue weighted by atomic mass is 19.2. The minimum absolute atomic E-state index is 0.0128. The largest absolute Gasteiger partial charge is 0.462 e. The molecule has 0 radical (unpaired) electrons. The van der Waals surface area contributed by atoms with Crippen molar-refractivity contribution < 1.29 is 18.3 Å². The van der Waals surface area contributed by atoms with Gasteiger partial charge >= 0.3 is 5.97 Å². The highest BCUT2D eigenvalue weighted by Gasteiger charge is 2.29. The highest BCUT2D eigenvalue weighted by molar-refractivity contribution is 5.95. The van der Waals surface area contributed by atoms with Crippen LogP contribution in [0.15, 0.2) is 17.1 Å². The first-order valence-corrected chi connectivity index (χ1v) is 6.68. The Morgan fingerprint density at radius 2 is 2.19 bits per heavy atom. The van der Waals surface area contributed by atoms with Crippen molar-refractivity contribution in [2.75, 3.05) is 6.61 Å². The molecule has 4 nitrogen and oxygen atoms in total. The molecule has 1 aromatic heterocycles. The molecule has 0 bridgehead atoms. The Morgan fingerprint density at radius 3 is 2.86 bits per heavy atom. The van der Waals surface area contributed by atoms with Gasteiger partial charge < -0.3 is 9.30 Å². The smallest absolute Gasteiger partial charge is 0.343 e. The van der Waals surface area contributed by atoms with E-state index < -0.39 is 23.0 Å². The maximum atomic E-state index is 13.9. The van der Waals surface area contributed by atoms with Gasteiger partial charge in [0.1, 0.15) is 5.56 Å². The summed E-state index contributed by atoms with van der Waals surface area (Å²) in [5, 5.41) is 0.0128. The summed E-state index contributed by atoms with van der Waals surface area (Å²) in [6.45, 7) is 3.58. The second kappa shape index (κ2) is 4.65. The van der Waals surface area contributed by atoms with Crippen molar-refractivity contribution >= 4 is 16.9 Å². The van der Waals surface area contributed by atoms with Gasteiger partial charge in [0.2, 0.25) is 5.43 Å². The normalized spacial score (nSPS) is 16.5. The molecule has 1 aliphatic rings. The monoisotopic (exact) mass is 293 g/mol. The Labute approximate surface area is 118 Å². The van der Waals surface area contributed by atoms with E-state index >= 15 is 0 Å². The molecule has 21 heavy (non-hydrogen) atoms. The van der Waals surface area contributed by atoms with Crippen molar-refractivity contribution in [1.29, 1.82) is 0 Å². The summed E-state index contributed by atoms with van der Waals surface area (Å²) in [6.07, 6.45) is 1.66. The van der Waals surface area contributed by atoms with Crippen LogP contribution in [-0.4, -0.2) is 17.1 Å². The highest BCUT2D eigenvalue weighted by Crippen LogP contribution is 2.34. The van der Waals surface area contributed by atoms with E-state index in [4.69, 9.17) is 4.74 Å². The lowest BCUT2D eigenvalue weighted by atomic mass is 10.1. The molecule has 2 aromatic rings. The molecule has 1 aromatic carbocycles. The first-order chi connectivity index (χ1) is 9.95. The van der Waals surface area contributed by atoms with E-state index in [2.05, 4.69) is 0 Å². The molecule has 0 N–H and O–H groups in total. The third-order valence-electron chi connectivity index (χ3n) is 3.77. The molecule has 6 heteroatoms. The molecule has 0 saturated carbocycles. The Kier molecular flexibility index (Phi) is 3.04. The number of nitrogens with zero attached hydrogens (tertiary/aromatic N) is 1. The van der Waals surface area contributed by atoms with Crippen LogP contribution in [0, 0.1) is 11.6 Å². The summed E-state index contributed by atoms with van der Waals surface area (Å²) in [5.74, 6) is -2.75. The quantitative estimate of drug-likeness (QED) is 0.800. The summed E-state index contributed by atoms with van der Waals surface area (Å²) < 4.78 is 34.0. The molecule has 0 aliphatic carbocycles. The predicted octanol–water partition coefficient (Wildman–Crippen LogP) is 2.57. The van der Waals surface area contributed by atoms with E-state index in [1.165, 1.54) is 6.20 Å². The zero-order valence-electron chi connectivity index (χ0n) is 11.6. The molecule has 0 fully saturated rings. The SMILES string of the molecule is CCOC(=O)c1cn2c3c(c(F)c(F)cc3c1=O)CC2C. The average Bonchev–Trinajstić information content (AvgIpc) is 2.77. The van der Waals surface area contributed by atoms with E-state index in [1.54, 1.807) is 11.5 Å². The number of benzene rings is 1. The van der Waals surface area contributed by atoms with Gasteiger partial charge in [0.25, 0.3) is 0 Å². The average molecular weight is 293 g/mol. The van der Waals surface area contributed by atoms with Crippen molar-refractivity contribution in [3.63, 3.8) is 0 Å². The van der Waals surface area contributed by atoms with E-state index in [0.29, 0.717) is 5.52 Å². The van der Waals surface area contributed by atoms with Gasteiger partial charge in [-0.3, -0.25) is 4.79 Å². The van der Waals surface area contributed by atoms with Gasteiger partial charge in [-0.2, -0.15) is 0 Å². The van der Waals surface area contributed by atoms with E-state index in [1.807, 2.05) is 6.92 Å². The maximum Gasteiger partial charge on any atom is 0.343 e. The van der Waals surface area contributed by atoms with Crippen LogP contribution in [0.1, 0.15) is 35.8 Å². The number of carbonyl (C=O) groups is 1. The second-order valence-electron chi connectivity index (χ2n) is 5.10. The van der Waals surface area contributed by atoms with Crippen molar-refractivity contribution in [3.05, 3.63) is 45.2 Å². The van der Waals surface area contributed by atoms with Crippen molar-refractivity contribution in [1.82, 2.24) is 4.57 Å². The second-order valence-corrected chi connectivity index (χ2v) is 5.10. The Balaban J connectivity index is 2.40. The Hall–Kier alpha value is -2.24. The molecule has 0 amide bonds. The maximum absolute atomic E-state index is 13.9. The van der Waals surface area contributed by atoms with Gasteiger partial charge in [0.15, 0.2) is 11.6 Å². The van der Waals surface area contributed by atoms with Gasteiger partial charge in [-0.1, -0.05) is 0 Å². The zero-order chi connectivity index (χ0) is 15.3. The fourth-order valence-corrected chi connectivity index (χ4v) is 2.83.